The smallest absolute Gasteiger partial charge is 0.325 e. The Morgan fingerprint density at radius 2 is 1.33 bits per heavy atom. The molecular formula is C33H42N6O9. The first kappa shape index (κ1) is 37.2. The zero-order chi connectivity index (χ0) is 35.4. The molecule has 0 aliphatic carbocycles. The van der Waals surface area contributed by atoms with Crippen molar-refractivity contribution in [1.29, 1.82) is 0 Å². The van der Waals surface area contributed by atoms with Gasteiger partial charge in [-0.05, 0) is 37.3 Å². The van der Waals surface area contributed by atoms with Crippen molar-refractivity contribution >= 4 is 41.4 Å². The average molecular weight is 667 g/mol. The van der Waals surface area contributed by atoms with Gasteiger partial charge in [-0.15, -0.1) is 0 Å². The Kier molecular flexibility index (Phi) is 13.6. The Bertz CT molecular complexity index is 1470. The number of aliphatic carboxylic acids is 1. The predicted octanol–water partition coefficient (Wildman–Crippen LogP) is -0.202. The first-order valence-electron chi connectivity index (χ1n) is 15.5. The number of aryl methyl sites for hydroxylation is 1. The van der Waals surface area contributed by atoms with Crippen LogP contribution in [0.2, 0.25) is 0 Å². The van der Waals surface area contributed by atoms with Crippen molar-refractivity contribution in [3.05, 3.63) is 71.8 Å². The Labute approximate surface area is 278 Å². The molecule has 6 amide bonds. The van der Waals surface area contributed by atoms with Crippen LogP contribution in [-0.2, 0) is 51.3 Å². The molecule has 3 rings (SSSR count). The van der Waals surface area contributed by atoms with Crippen molar-refractivity contribution in [3.63, 3.8) is 0 Å². The standard InChI is InChI=1S/C33H42N6O9/c1-19(2)26(37-24(40)16-15-22-11-7-5-8-12-22)31(45)35-21(4)30(44)38-39(18-25(41)42)33(47)28-27(48-28)32(46)36-20(3)29(43)34-17-23-13-9-6-10-14-23/h5-14,19-21,26-28H,15-18H2,1-4H3,(H,34,43)(H,35,45)(H,36,46)(H,37,40)(H,38,44)(H,41,42)/t20-,21-,26-,27-,28-/m0/s1. The van der Waals surface area contributed by atoms with Crippen LogP contribution in [0.5, 0.6) is 0 Å². The molecule has 15 heteroatoms. The molecule has 6 N–H and O–H groups in total. The third kappa shape index (κ3) is 11.5. The Hall–Kier alpha value is -5.31. The van der Waals surface area contributed by atoms with Gasteiger partial charge in [0.25, 0.3) is 17.7 Å². The van der Waals surface area contributed by atoms with Crippen molar-refractivity contribution in [2.24, 2.45) is 5.92 Å². The number of hydrogen-bond donors (Lipinski definition) is 6. The molecule has 258 valence electrons. The van der Waals surface area contributed by atoms with E-state index in [0.717, 1.165) is 11.1 Å². The molecular weight excluding hydrogens is 624 g/mol. The van der Waals surface area contributed by atoms with Gasteiger partial charge in [-0.2, -0.15) is 0 Å². The van der Waals surface area contributed by atoms with Gasteiger partial charge in [0.1, 0.15) is 24.7 Å². The minimum absolute atomic E-state index is 0.144. The SMILES string of the molecule is CC(C)[C@H](NC(=O)CCc1ccccc1)C(=O)N[C@@H](C)C(=O)NN(CC(=O)O)C(=O)[C@H]1O[C@@H]1C(=O)N[C@@H](C)C(=O)NCc1ccccc1. The molecule has 1 fully saturated rings. The summed E-state index contributed by atoms with van der Waals surface area (Å²) in [5.74, 6) is -6.00. The lowest BCUT2D eigenvalue weighted by Crippen LogP contribution is -2.58. The van der Waals surface area contributed by atoms with Crippen molar-refractivity contribution < 1.29 is 43.4 Å². The lowest BCUT2D eigenvalue weighted by atomic mass is 10.0. The second kappa shape index (κ2) is 17.6. The quantitative estimate of drug-likeness (QED) is 0.103. The van der Waals surface area contributed by atoms with Gasteiger partial charge < -0.3 is 31.1 Å². The highest BCUT2D eigenvalue weighted by Gasteiger charge is 2.53. The molecule has 15 nitrogen and oxygen atoms in total. The van der Waals surface area contributed by atoms with E-state index in [1.54, 1.807) is 13.8 Å². The molecule has 0 radical (unpaired) electrons. The highest BCUT2D eigenvalue weighted by atomic mass is 16.6. The molecule has 0 bridgehead atoms. The molecule has 1 aliphatic rings. The third-order valence-electron chi connectivity index (χ3n) is 7.36. The second-order valence-corrected chi connectivity index (χ2v) is 11.7. The summed E-state index contributed by atoms with van der Waals surface area (Å²) in [4.78, 5) is 88.1. The fourth-order valence-corrected chi connectivity index (χ4v) is 4.54. The number of nitrogens with one attached hydrogen (secondary N) is 5. The molecule has 2 aromatic rings. The fraction of sp³-hybridized carbons (Fsp3) is 0.424. The van der Waals surface area contributed by atoms with Gasteiger partial charge in [-0.3, -0.25) is 39.0 Å². The van der Waals surface area contributed by atoms with Gasteiger partial charge in [0.15, 0.2) is 12.2 Å². The number of epoxide rings is 1. The zero-order valence-corrected chi connectivity index (χ0v) is 27.2. The van der Waals surface area contributed by atoms with Gasteiger partial charge in [-0.25, -0.2) is 5.01 Å². The number of nitrogens with zero attached hydrogens (tertiary/aromatic N) is 1. The molecule has 5 atom stereocenters. The van der Waals surface area contributed by atoms with Crippen LogP contribution in [-0.4, -0.2) is 88.4 Å². The highest BCUT2D eigenvalue weighted by Crippen LogP contribution is 2.24. The van der Waals surface area contributed by atoms with Crippen LogP contribution in [0.15, 0.2) is 60.7 Å². The molecule has 1 heterocycles. The van der Waals surface area contributed by atoms with Crippen LogP contribution in [0.1, 0.15) is 45.2 Å². The number of carbonyl (C=O) groups excluding carboxylic acids is 6. The molecule has 0 aromatic heterocycles. The van der Waals surface area contributed by atoms with Crippen molar-refractivity contribution in [3.8, 4) is 0 Å². The van der Waals surface area contributed by atoms with Crippen LogP contribution in [0.4, 0.5) is 0 Å². The predicted molar refractivity (Wildman–Crippen MR) is 171 cm³/mol. The molecule has 0 unspecified atom stereocenters. The minimum atomic E-state index is -1.47. The normalized spacial score (nSPS) is 16.8. The van der Waals surface area contributed by atoms with Gasteiger partial charge in [0, 0.05) is 13.0 Å². The van der Waals surface area contributed by atoms with Crippen LogP contribution in [0.25, 0.3) is 0 Å². The molecule has 1 saturated heterocycles. The summed E-state index contributed by atoms with van der Waals surface area (Å²) in [7, 11) is 0. The number of rotatable bonds is 16. The first-order chi connectivity index (χ1) is 22.8. The maximum Gasteiger partial charge on any atom is 0.325 e. The second-order valence-electron chi connectivity index (χ2n) is 11.7. The number of benzene rings is 2. The zero-order valence-electron chi connectivity index (χ0n) is 27.2. The van der Waals surface area contributed by atoms with E-state index in [1.165, 1.54) is 13.8 Å². The Morgan fingerprint density at radius 1 is 0.750 bits per heavy atom. The minimum Gasteiger partial charge on any atom is -0.480 e. The molecule has 0 saturated carbocycles. The average Bonchev–Trinajstić information content (AvgIpc) is 3.86. The fourth-order valence-electron chi connectivity index (χ4n) is 4.54. The van der Waals surface area contributed by atoms with E-state index in [1.807, 2.05) is 60.7 Å². The van der Waals surface area contributed by atoms with Crippen LogP contribution in [0.3, 0.4) is 0 Å². The maximum absolute atomic E-state index is 13.0. The largest absolute Gasteiger partial charge is 0.480 e. The van der Waals surface area contributed by atoms with E-state index in [9.17, 15) is 38.7 Å². The number of carboxylic acids is 1. The summed E-state index contributed by atoms with van der Waals surface area (Å²) >= 11 is 0. The maximum atomic E-state index is 13.0. The van der Waals surface area contributed by atoms with E-state index in [-0.39, 0.29) is 24.8 Å². The van der Waals surface area contributed by atoms with E-state index in [2.05, 4.69) is 26.7 Å². The van der Waals surface area contributed by atoms with Crippen LogP contribution < -0.4 is 26.7 Å². The van der Waals surface area contributed by atoms with Crippen LogP contribution >= 0.6 is 0 Å². The lowest BCUT2D eigenvalue weighted by molar-refractivity contribution is -0.151. The summed E-state index contributed by atoms with van der Waals surface area (Å²) in [6, 6.07) is 15.3. The van der Waals surface area contributed by atoms with Gasteiger partial charge >= 0.3 is 5.97 Å². The van der Waals surface area contributed by atoms with E-state index in [0.29, 0.717) is 11.4 Å². The van der Waals surface area contributed by atoms with Crippen LogP contribution in [0, 0.1) is 5.92 Å². The molecule has 0 spiro atoms. The molecule has 48 heavy (non-hydrogen) atoms. The highest BCUT2D eigenvalue weighted by molar-refractivity contribution is 5.99. The van der Waals surface area contributed by atoms with Gasteiger partial charge in [0.2, 0.25) is 17.7 Å². The lowest BCUT2D eigenvalue weighted by Gasteiger charge is -2.26. The van der Waals surface area contributed by atoms with Gasteiger partial charge in [-0.1, -0.05) is 74.5 Å². The van der Waals surface area contributed by atoms with Crippen molar-refractivity contribution in [2.45, 2.75) is 77.4 Å². The number of amides is 6. The Morgan fingerprint density at radius 3 is 1.92 bits per heavy atom. The number of ether oxygens (including phenoxy) is 1. The molecule has 2 aromatic carbocycles. The van der Waals surface area contributed by atoms with E-state index in [4.69, 9.17) is 4.74 Å². The monoisotopic (exact) mass is 666 g/mol. The summed E-state index contributed by atoms with van der Waals surface area (Å²) < 4.78 is 5.17. The van der Waals surface area contributed by atoms with E-state index < -0.39 is 72.4 Å². The van der Waals surface area contributed by atoms with Crippen molar-refractivity contribution in [2.75, 3.05) is 6.54 Å². The van der Waals surface area contributed by atoms with E-state index >= 15 is 0 Å². The summed E-state index contributed by atoms with van der Waals surface area (Å²) in [6.45, 7) is 5.48. The van der Waals surface area contributed by atoms with Gasteiger partial charge in [0.05, 0.1) is 0 Å². The molecule has 1 aliphatic heterocycles. The number of carboxylic acid groups (broad SMARTS) is 1. The summed E-state index contributed by atoms with van der Waals surface area (Å²) in [6.07, 6.45) is -2.11. The number of hydrogen-bond acceptors (Lipinski definition) is 8. The topological polar surface area (TPSA) is 216 Å². The Balaban J connectivity index is 1.50. The van der Waals surface area contributed by atoms with Crippen molar-refractivity contribution in [1.82, 2.24) is 31.7 Å². The number of carbonyl (C=O) groups is 7. The summed E-state index contributed by atoms with van der Waals surface area (Å²) in [5, 5.41) is 20.1. The number of hydrazine groups is 1. The first-order valence-corrected chi connectivity index (χ1v) is 15.5. The third-order valence-corrected chi connectivity index (χ3v) is 7.36. The summed E-state index contributed by atoms with van der Waals surface area (Å²) in [5.41, 5.74) is 3.98.